The SMILES string of the molecule is Cn1c(=O)[nH]c2cccc(N3CCC4(CC3)CNC4C(=O)O)c21. The molecule has 3 N–H and O–H groups in total. The lowest BCUT2D eigenvalue weighted by Crippen LogP contribution is -2.68. The fourth-order valence-electron chi connectivity index (χ4n) is 4.04. The van der Waals surface area contributed by atoms with Crippen molar-refractivity contribution in [3.63, 3.8) is 0 Å². The van der Waals surface area contributed by atoms with Gasteiger partial charge in [0, 0.05) is 32.1 Å². The molecule has 2 saturated heterocycles. The van der Waals surface area contributed by atoms with E-state index >= 15 is 0 Å². The number of anilines is 1. The molecule has 0 aliphatic carbocycles. The van der Waals surface area contributed by atoms with Crippen LogP contribution in [0.3, 0.4) is 0 Å². The molecule has 23 heavy (non-hydrogen) atoms. The Kier molecular flexibility index (Phi) is 3.02. The molecule has 2 aromatic rings. The first-order valence-corrected chi connectivity index (χ1v) is 7.91. The number of H-pyrrole nitrogens is 1. The third-order valence-electron chi connectivity index (χ3n) is 5.51. The maximum Gasteiger partial charge on any atom is 0.326 e. The number of aromatic nitrogens is 2. The number of carboxylic acid groups (broad SMARTS) is 1. The van der Waals surface area contributed by atoms with Crippen LogP contribution in [0, 0.1) is 5.41 Å². The van der Waals surface area contributed by atoms with Gasteiger partial charge in [-0.25, -0.2) is 4.79 Å². The zero-order valence-electron chi connectivity index (χ0n) is 13.0. The van der Waals surface area contributed by atoms with Gasteiger partial charge in [0.25, 0.3) is 0 Å². The number of aromatic amines is 1. The Bertz CT molecular complexity index is 829. The fraction of sp³-hybridized carbons (Fsp3) is 0.500. The molecule has 0 saturated carbocycles. The summed E-state index contributed by atoms with van der Waals surface area (Å²) in [5.74, 6) is -0.750. The summed E-state index contributed by atoms with van der Waals surface area (Å²) in [4.78, 5) is 28.3. The van der Waals surface area contributed by atoms with Crippen molar-refractivity contribution in [2.75, 3.05) is 24.5 Å². The largest absolute Gasteiger partial charge is 0.480 e. The molecule has 7 nitrogen and oxygen atoms in total. The second-order valence-corrected chi connectivity index (χ2v) is 6.66. The van der Waals surface area contributed by atoms with Crippen molar-refractivity contribution >= 4 is 22.7 Å². The van der Waals surface area contributed by atoms with Crippen molar-refractivity contribution in [3.05, 3.63) is 28.7 Å². The summed E-state index contributed by atoms with van der Waals surface area (Å²) in [5.41, 5.74) is 2.56. The van der Waals surface area contributed by atoms with Gasteiger partial charge in [-0.15, -0.1) is 0 Å². The normalized spacial score (nSPS) is 23.2. The molecular weight excluding hydrogens is 296 g/mol. The predicted octanol–water partition coefficient (Wildman–Crippen LogP) is 0.510. The van der Waals surface area contributed by atoms with Crippen LogP contribution in [0.1, 0.15) is 12.8 Å². The molecule has 4 rings (SSSR count). The van der Waals surface area contributed by atoms with E-state index in [2.05, 4.69) is 15.2 Å². The number of benzene rings is 1. The number of hydrogen-bond acceptors (Lipinski definition) is 4. The molecule has 0 amide bonds. The molecule has 0 bridgehead atoms. The van der Waals surface area contributed by atoms with Crippen LogP contribution in [0.2, 0.25) is 0 Å². The average molecular weight is 316 g/mol. The van der Waals surface area contributed by atoms with Gasteiger partial charge in [-0.3, -0.25) is 9.36 Å². The van der Waals surface area contributed by atoms with Gasteiger partial charge in [-0.2, -0.15) is 0 Å². The van der Waals surface area contributed by atoms with Crippen LogP contribution in [0.25, 0.3) is 11.0 Å². The van der Waals surface area contributed by atoms with Crippen LogP contribution < -0.4 is 15.9 Å². The van der Waals surface area contributed by atoms with E-state index in [1.165, 1.54) is 0 Å². The van der Waals surface area contributed by atoms with Crippen LogP contribution in [0.15, 0.2) is 23.0 Å². The summed E-state index contributed by atoms with van der Waals surface area (Å²) in [5, 5.41) is 12.3. The number of aryl methyl sites for hydroxylation is 1. The van der Waals surface area contributed by atoms with Gasteiger partial charge in [-0.1, -0.05) is 6.07 Å². The highest BCUT2D eigenvalue weighted by Gasteiger charge is 2.51. The topological polar surface area (TPSA) is 90.4 Å². The summed E-state index contributed by atoms with van der Waals surface area (Å²) in [7, 11) is 1.77. The first-order chi connectivity index (χ1) is 11.0. The molecule has 122 valence electrons. The number of para-hydroxylation sites is 1. The Morgan fingerprint density at radius 1 is 1.35 bits per heavy atom. The molecule has 2 aliphatic rings. The zero-order valence-corrected chi connectivity index (χ0v) is 13.0. The van der Waals surface area contributed by atoms with Crippen LogP contribution in [-0.4, -0.2) is 46.3 Å². The number of fused-ring (bicyclic) bond motifs is 1. The average Bonchev–Trinajstić information content (AvgIpc) is 2.81. The quantitative estimate of drug-likeness (QED) is 0.751. The monoisotopic (exact) mass is 316 g/mol. The number of nitrogens with zero attached hydrogens (tertiary/aromatic N) is 2. The van der Waals surface area contributed by atoms with Crippen molar-refractivity contribution in [2.24, 2.45) is 12.5 Å². The van der Waals surface area contributed by atoms with Gasteiger partial charge < -0.3 is 20.3 Å². The van der Waals surface area contributed by atoms with E-state index in [0.29, 0.717) is 0 Å². The first-order valence-electron chi connectivity index (χ1n) is 7.91. The number of imidazole rings is 1. The minimum absolute atomic E-state index is 0.111. The fourth-order valence-corrected chi connectivity index (χ4v) is 4.04. The van der Waals surface area contributed by atoms with Crippen LogP contribution in [0.5, 0.6) is 0 Å². The number of aliphatic carboxylic acids is 1. The standard InChI is InChI=1S/C16H20N4O3/c1-19-12-10(18-15(19)23)3-2-4-11(12)20-7-5-16(6-8-20)9-17-13(16)14(21)22/h2-4,13,17H,5-9H2,1H3,(H,18,23)(H,21,22). The number of carbonyl (C=O) groups is 1. The van der Waals surface area contributed by atoms with Crippen LogP contribution in [-0.2, 0) is 11.8 Å². The second kappa shape index (κ2) is 4.86. The van der Waals surface area contributed by atoms with E-state index in [-0.39, 0.29) is 11.1 Å². The number of piperidine rings is 1. The molecule has 1 unspecified atom stereocenters. The summed E-state index contributed by atoms with van der Waals surface area (Å²) in [6.07, 6.45) is 1.71. The Balaban J connectivity index is 1.62. The Hall–Kier alpha value is -2.28. The Labute approximate surface area is 132 Å². The second-order valence-electron chi connectivity index (χ2n) is 6.66. The Morgan fingerprint density at radius 3 is 2.70 bits per heavy atom. The molecule has 2 fully saturated rings. The van der Waals surface area contributed by atoms with E-state index in [9.17, 15) is 14.7 Å². The third kappa shape index (κ3) is 1.99. The van der Waals surface area contributed by atoms with E-state index in [4.69, 9.17) is 0 Å². The van der Waals surface area contributed by atoms with Crippen molar-refractivity contribution in [2.45, 2.75) is 18.9 Å². The maximum atomic E-state index is 11.9. The van der Waals surface area contributed by atoms with Gasteiger partial charge in [-0.05, 0) is 25.0 Å². The van der Waals surface area contributed by atoms with Crippen molar-refractivity contribution in [1.29, 1.82) is 0 Å². The van der Waals surface area contributed by atoms with E-state index < -0.39 is 12.0 Å². The third-order valence-corrected chi connectivity index (χ3v) is 5.51. The minimum Gasteiger partial charge on any atom is -0.480 e. The molecular formula is C16H20N4O3. The Morgan fingerprint density at radius 2 is 2.09 bits per heavy atom. The molecule has 2 aliphatic heterocycles. The smallest absolute Gasteiger partial charge is 0.326 e. The van der Waals surface area contributed by atoms with E-state index in [0.717, 1.165) is 49.2 Å². The van der Waals surface area contributed by atoms with Gasteiger partial charge in [0.1, 0.15) is 6.04 Å². The lowest BCUT2D eigenvalue weighted by Gasteiger charge is -2.52. The molecule has 0 radical (unpaired) electrons. The summed E-state index contributed by atoms with van der Waals surface area (Å²) >= 11 is 0. The summed E-state index contributed by atoms with van der Waals surface area (Å²) in [6.45, 7) is 2.40. The highest BCUT2D eigenvalue weighted by atomic mass is 16.4. The van der Waals surface area contributed by atoms with Gasteiger partial charge in [0.05, 0.1) is 16.7 Å². The number of hydrogen-bond donors (Lipinski definition) is 3. The molecule has 1 atom stereocenters. The van der Waals surface area contributed by atoms with Gasteiger partial charge in [0.2, 0.25) is 0 Å². The minimum atomic E-state index is -0.750. The molecule has 1 aromatic heterocycles. The van der Waals surface area contributed by atoms with E-state index in [1.807, 2.05) is 18.2 Å². The lowest BCUT2D eigenvalue weighted by atomic mass is 9.67. The van der Waals surface area contributed by atoms with Crippen molar-refractivity contribution in [3.8, 4) is 0 Å². The van der Waals surface area contributed by atoms with Crippen molar-refractivity contribution in [1.82, 2.24) is 14.9 Å². The van der Waals surface area contributed by atoms with E-state index in [1.54, 1.807) is 11.6 Å². The zero-order chi connectivity index (χ0) is 16.2. The summed E-state index contributed by atoms with van der Waals surface area (Å²) < 4.78 is 1.64. The first kappa shape index (κ1) is 14.3. The van der Waals surface area contributed by atoms with Crippen LogP contribution >= 0.6 is 0 Å². The summed E-state index contributed by atoms with van der Waals surface area (Å²) in [6, 6.07) is 5.46. The number of carboxylic acids is 1. The van der Waals surface area contributed by atoms with Crippen LogP contribution in [0.4, 0.5) is 5.69 Å². The van der Waals surface area contributed by atoms with Gasteiger partial charge >= 0.3 is 11.7 Å². The predicted molar refractivity (Wildman–Crippen MR) is 86.8 cm³/mol. The molecule has 1 spiro atoms. The highest BCUT2D eigenvalue weighted by molar-refractivity contribution is 5.89. The lowest BCUT2D eigenvalue weighted by molar-refractivity contribution is -0.149. The number of rotatable bonds is 2. The van der Waals surface area contributed by atoms with Crippen molar-refractivity contribution < 1.29 is 9.90 Å². The van der Waals surface area contributed by atoms with Gasteiger partial charge in [0.15, 0.2) is 0 Å². The molecule has 3 heterocycles. The number of nitrogens with one attached hydrogen (secondary N) is 2. The maximum absolute atomic E-state index is 11.9. The molecule has 1 aromatic carbocycles. The highest BCUT2D eigenvalue weighted by Crippen LogP contribution is 2.42. The molecule has 7 heteroatoms.